The molecule has 0 amide bonds. The molecule has 3 N–H and O–H groups in total. The topological polar surface area (TPSA) is 70.3 Å². The molecule has 0 bridgehead atoms. The maximum absolute atomic E-state index is 9.29. The number of aliphatic hydroxyl groups is 2. The molecular formula is C14H19N3O2. The summed E-state index contributed by atoms with van der Waals surface area (Å²) in [4.78, 5) is 4.32. The van der Waals surface area contributed by atoms with Crippen LogP contribution in [0.5, 0.6) is 0 Å². The van der Waals surface area contributed by atoms with Gasteiger partial charge in [0.1, 0.15) is 5.82 Å². The number of benzene rings is 1. The quantitative estimate of drug-likeness (QED) is 0.713. The maximum Gasteiger partial charge on any atom is 0.110 e. The standard InChI is InChI=1S/C14H19N3O2/c1-11-16-8-13(7-15-9-14(19)10-18)17(11)12-5-3-2-4-6-12/h2-6,8,14-15,18-19H,7,9-10H2,1H3. The van der Waals surface area contributed by atoms with Crippen LogP contribution in [0.2, 0.25) is 0 Å². The second-order valence-electron chi connectivity index (χ2n) is 4.44. The summed E-state index contributed by atoms with van der Waals surface area (Å²) >= 11 is 0. The Bertz CT molecular complexity index is 511. The average molecular weight is 261 g/mol. The van der Waals surface area contributed by atoms with E-state index >= 15 is 0 Å². The van der Waals surface area contributed by atoms with Gasteiger partial charge in [0.2, 0.25) is 0 Å². The highest BCUT2D eigenvalue weighted by Crippen LogP contribution is 2.14. The van der Waals surface area contributed by atoms with E-state index in [-0.39, 0.29) is 6.61 Å². The Morgan fingerprint density at radius 1 is 1.32 bits per heavy atom. The van der Waals surface area contributed by atoms with Gasteiger partial charge in [0.05, 0.1) is 24.6 Å². The summed E-state index contributed by atoms with van der Waals surface area (Å²) in [6, 6.07) is 10.0. The monoisotopic (exact) mass is 261 g/mol. The van der Waals surface area contributed by atoms with Gasteiger partial charge in [0, 0.05) is 18.8 Å². The zero-order valence-electron chi connectivity index (χ0n) is 11.0. The van der Waals surface area contributed by atoms with E-state index in [1.54, 1.807) is 0 Å². The normalized spacial score (nSPS) is 12.6. The molecule has 0 saturated carbocycles. The van der Waals surface area contributed by atoms with Gasteiger partial charge in [-0.1, -0.05) is 18.2 Å². The molecule has 2 rings (SSSR count). The Kier molecular flexibility index (Phi) is 4.68. The van der Waals surface area contributed by atoms with Gasteiger partial charge in [-0.05, 0) is 19.1 Å². The maximum atomic E-state index is 9.29. The number of aryl methyl sites for hydroxylation is 1. The van der Waals surface area contributed by atoms with Crippen LogP contribution in [-0.4, -0.2) is 39.0 Å². The predicted molar refractivity (Wildman–Crippen MR) is 73.1 cm³/mol. The van der Waals surface area contributed by atoms with Crippen LogP contribution >= 0.6 is 0 Å². The van der Waals surface area contributed by atoms with Crippen molar-refractivity contribution in [2.24, 2.45) is 0 Å². The highest BCUT2D eigenvalue weighted by Gasteiger charge is 2.09. The lowest BCUT2D eigenvalue weighted by Crippen LogP contribution is -2.29. The molecule has 1 atom stereocenters. The summed E-state index contributed by atoms with van der Waals surface area (Å²) in [6.45, 7) is 2.67. The lowest BCUT2D eigenvalue weighted by atomic mass is 10.3. The van der Waals surface area contributed by atoms with E-state index in [1.165, 1.54) is 0 Å². The largest absolute Gasteiger partial charge is 0.394 e. The van der Waals surface area contributed by atoms with Crippen molar-refractivity contribution in [3.63, 3.8) is 0 Å². The lowest BCUT2D eigenvalue weighted by molar-refractivity contribution is 0.0941. The number of para-hydroxylation sites is 1. The molecule has 0 fully saturated rings. The van der Waals surface area contributed by atoms with Gasteiger partial charge in [-0.3, -0.25) is 4.57 Å². The van der Waals surface area contributed by atoms with Gasteiger partial charge in [0.15, 0.2) is 0 Å². The SMILES string of the molecule is Cc1ncc(CNCC(O)CO)n1-c1ccccc1. The minimum Gasteiger partial charge on any atom is -0.394 e. The minimum absolute atomic E-state index is 0.232. The average Bonchev–Trinajstić information content (AvgIpc) is 2.80. The smallest absolute Gasteiger partial charge is 0.110 e. The Hall–Kier alpha value is -1.69. The number of nitrogens with zero attached hydrogens (tertiary/aromatic N) is 2. The van der Waals surface area contributed by atoms with Crippen molar-refractivity contribution in [2.75, 3.05) is 13.2 Å². The summed E-state index contributed by atoms with van der Waals surface area (Å²) in [6.07, 6.45) is 1.09. The van der Waals surface area contributed by atoms with Crippen LogP contribution in [0, 0.1) is 6.92 Å². The Morgan fingerprint density at radius 3 is 2.74 bits per heavy atom. The molecule has 2 aromatic rings. The van der Waals surface area contributed by atoms with E-state index < -0.39 is 6.10 Å². The van der Waals surface area contributed by atoms with Gasteiger partial charge in [-0.15, -0.1) is 0 Å². The summed E-state index contributed by atoms with van der Waals surface area (Å²) < 4.78 is 2.07. The molecule has 0 spiro atoms. The van der Waals surface area contributed by atoms with Gasteiger partial charge in [-0.25, -0.2) is 4.98 Å². The molecule has 1 aromatic heterocycles. The predicted octanol–water partition coefficient (Wildman–Crippen LogP) is 0.624. The number of aliphatic hydroxyl groups excluding tert-OH is 2. The third kappa shape index (κ3) is 3.41. The Balaban J connectivity index is 2.10. The zero-order chi connectivity index (χ0) is 13.7. The number of aromatic nitrogens is 2. The second kappa shape index (κ2) is 6.47. The summed E-state index contributed by atoms with van der Waals surface area (Å²) in [5, 5.41) is 21.2. The molecular weight excluding hydrogens is 242 g/mol. The number of rotatable bonds is 6. The fourth-order valence-corrected chi connectivity index (χ4v) is 1.98. The molecule has 5 nitrogen and oxygen atoms in total. The first kappa shape index (κ1) is 13.7. The summed E-state index contributed by atoms with van der Waals surface area (Å²) in [7, 11) is 0. The molecule has 19 heavy (non-hydrogen) atoms. The fourth-order valence-electron chi connectivity index (χ4n) is 1.98. The van der Waals surface area contributed by atoms with E-state index in [0.717, 1.165) is 17.2 Å². The first-order chi connectivity index (χ1) is 9.22. The van der Waals surface area contributed by atoms with Crippen molar-refractivity contribution < 1.29 is 10.2 Å². The third-order valence-corrected chi connectivity index (χ3v) is 2.92. The number of nitrogens with one attached hydrogen (secondary N) is 1. The highest BCUT2D eigenvalue weighted by molar-refractivity contribution is 5.35. The zero-order valence-corrected chi connectivity index (χ0v) is 11.0. The van der Waals surface area contributed by atoms with E-state index in [0.29, 0.717) is 13.1 Å². The van der Waals surface area contributed by atoms with E-state index in [9.17, 15) is 5.11 Å². The molecule has 0 aliphatic carbocycles. The van der Waals surface area contributed by atoms with Crippen molar-refractivity contribution in [2.45, 2.75) is 19.6 Å². The van der Waals surface area contributed by atoms with Gasteiger partial charge >= 0.3 is 0 Å². The molecule has 0 aliphatic rings. The van der Waals surface area contributed by atoms with Crippen LogP contribution in [0.4, 0.5) is 0 Å². The van der Waals surface area contributed by atoms with Crippen LogP contribution in [0.3, 0.4) is 0 Å². The van der Waals surface area contributed by atoms with E-state index in [1.807, 2.05) is 43.5 Å². The van der Waals surface area contributed by atoms with Gasteiger partial charge in [-0.2, -0.15) is 0 Å². The van der Waals surface area contributed by atoms with Crippen LogP contribution in [0.1, 0.15) is 11.5 Å². The number of hydrogen-bond acceptors (Lipinski definition) is 4. The van der Waals surface area contributed by atoms with Crippen LogP contribution in [-0.2, 0) is 6.54 Å². The number of imidazole rings is 1. The van der Waals surface area contributed by atoms with Crippen molar-refractivity contribution in [3.8, 4) is 5.69 Å². The van der Waals surface area contributed by atoms with Crippen molar-refractivity contribution in [1.29, 1.82) is 0 Å². The van der Waals surface area contributed by atoms with E-state index in [4.69, 9.17) is 5.11 Å². The van der Waals surface area contributed by atoms with Gasteiger partial charge in [0.25, 0.3) is 0 Å². The molecule has 0 radical (unpaired) electrons. The van der Waals surface area contributed by atoms with Crippen molar-refractivity contribution >= 4 is 0 Å². The Labute approximate surface area is 112 Å². The van der Waals surface area contributed by atoms with Crippen LogP contribution in [0.15, 0.2) is 36.5 Å². The van der Waals surface area contributed by atoms with Crippen LogP contribution in [0.25, 0.3) is 5.69 Å². The molecule has 1 unspecified atom stereocenters. The summed E-state index contributed by atoms with van der Waals surface area (Å²) in [5.41, 5.74) is 2.09. The van der Waals surface area contributed by atoms with Crippen LogP contribution < -0.4 is 5.32 Å². The molecule has 102 valence electrons. The molecule has 1 heterocycles. The van der Waals surface area contributed by atoms with E-state index in [2.05, 4.69) is 14.9 Å². The first-order valence-corrected chi connectivity index (χ1v) is 6.30. The molecule has 1 aromatic carbocycles. The molecule has 0 saturated heterocycles. The first-order valence-electron chi connectivity index (χ1n) is 6.30. The van der Waals surface area contributed by atoms with Crippen molar-refractivity contribution in [3.05, 3.63) is 48.0 Å². The second-order valence-corrected chi connectivity index (χ2v) is 4.44. The molecule has 5 heteroatoms. The summed E-state index contributed by atoms with van der Waals surface area (Å²) in [5.74, 6) is 0.922. The fraction of sp³-hybridized carbons (Fsp3) is 0.357. The third-order valence-electron chi connectivity index (χ3n) is 2.92. The number of hydrogen-bond donors (Lipinski definition) is 3. The van der Waals surface area contributed by atoms with Crippen molar-refractivity contribution in [1.82, 2.24) is 14.9 Å². The lowest BCUT2D eigenvalue weighted by Gasteiger charge is -2.12. The highest BCUT2D eigenvalue weighted by atomic mass is 16.3. The van der Waals surface area contributed by atoms with Gasteiger partial charge < -0.3 is 15.5 Å². The molecule has 0 aliphatic heterocycles. The minimum atomic E-state index is -0.728. The Morgan fingerprint density at radius 2 is 2.05 bits per heavy atom.